The van der Waals surface area contributed by atoms with Crippen LogP contribution in [0.4, 0.5) is 0 Å². The maximum Gasteiger partial charge on any atom is 0.103 e. The predicted octanol–water partition coefficient (Wildman–Crippen LogP) is -1.53. The number of halogens is 1. The van der Waals surface area contributed by atoms with Gasteiger partial charge in [0, 0.05) is 0 Å². The fourth-order valence-electron chi connectivity index (χ4n) is 0.485. The number of rotatable bonds is 4. The van der Waals surface area contributed by atoms with Crippen LogP contribution in [0.25, 0.3) is 0 Å². The molecular formula is C5H14ClNO3. The van der Waals surface area contributed by atoms with Crippen LogP contribution in [-0.2, 0) is 0 Å². The van der Waals surface area contributed by atoms with E-state index in [9.17, 15) is 0 Å². The molecule has 0 fully saturated rings. The number of aliphatic hydroxyl groups excluding tert-OH is 3. The minimum Gasteiger partial charge on any atom is -0.394 e. The largest absolute Gasteiger partial charge is 0.394 e. The zero-order chi connectivity index (χ0) is 7.28. The van der Waals surface area contributed by atoms with E-state index in [2.05, 4.69) is 0 Å². The quantitative estimate of drug-likeness (QED) is 0.414. The van der Waals surface area contributed by atoms with Crippen molar-refractivity contribution in [2.75, 3.05) is 13.2 Å². The summed E-state index contributed by atoms with van der Waals surface area (Å²) in [4.78, 5) is 0. The molecule has 0 saturated carbocycles. The molecule has 0 bridgehead atoms. The van der Waals surface area contributed by atoms with E-state index in [4.69, 9.17) is 21.1 Å². The van der Waals surface area contributed by atoms with Crippen LogP contribution in [0.15, 0.2) is 0 Å². The average molecular weight is 172 g/mol. The molecule has 64 valence electrons. The van der Waals surface area contributed by atoms with Crippen LogP contribution in [0.3, 0.4) is 0 Å². The third-order valence-corrected chi connectivity index (χ3v) is 1.09. The summed E-state index contributed by atoms with van der Waals surface area (Å²) in [6.07, 6.45) is -1.62. The second-order valence-electron chi connectivity index (χ2n) is 1.89. The Balaban J connectivity index is 0. The van der Waals surface area contributed by atoms with Crippen LogP contribution in [0.2, 0.25) is 0 Å². The predicted molar refractivity (Wildman–Crippen MR) is 40.0 cm³/mol. The van der Waals surface area contributed by atoms with E-state index in [1.165, 1.54) is 0 Å². The summed E-state index contributed by atoms with van der Waals surface area (Å²) in [6, 6.07) is 0. The van der Waals surface area contributed by atoms with Gasteiger partial charge in [-0.1, -0.05) is 0 Å². The topological polar surface area (TPSA) is 86.7 Å². The Labute approximate surface area is 66.1 Å². The molecule has 2 unspecified atom stereocenters. The number of aliphatic hydroxyl groups is 3. The highest BCUT2D eigenvalue weighted by Crippen LogP contribution is 1.95. The van der Waals surface area contributed by atoms with Gasteiger partial charge in [0.1, 0.15) is 6.10 Å². The molecule has 0 aliphatic rings. The van der Waals surface area contributed by atoms with Gasteiger partial charge >= 0.3 is 0 Å². The molecule has 0 aromatic carbocycles. The lowest BCUT2D eigenvalue weighted by Gasteiger charge is -2.13. The Morgan fingerprint density at radius 1 is 1.20 bits per heavy atom. The summed E-state index contributed by atoms with van der Waals surface area (Å²) in [6.45, 7) is -0.0978. The maximum atomic E-state index is 8.83. The van der Waals surface area contributed by atoms with Gasteiger partial charge in [0.05, 0.1) is 12.7 Å². The molecule has 0 aromatic rings. The lowest BCUT2D eigenvalue weighted by Crippen LogP contribution is -2.31. The van der Waals surface area contributed by atoms with Crippen molar-refractivity contribution in [1.29, 1.82) is 0 Å². The standard InChI is InChI=1S/C5H13NO3.ClH/c6-2-1-4(8)5(9)3-7;/h4-5,7-9H,1-3,6H2;1H. The SMILES string of the molecule is Cl.NCCC(O)C(O)CO. The first-order chi connectivity index (χ1) is 4.22. The van der Waals surface area contributed by atoms with Gasteiger partial charge in [-0.05, 0) is 13.0 Å². The van der Waals surface area contributed by atoms with E-state index in [1.54, 1.807) is 0 Å². The molecule has 0 amide bonds. The highest BCUT2D eigenvalue weighted by Gasteiger charge is 2.12. The van der Waals surface area contributed by atoms with Crippen molar-refractivity contribution in [3.8, 4) is 0 Å². The van der Waals surface area contributed by atoms with E-state index >= 15 is 0 Å². The van der Waals surface area contributed by atoms with E-state index in [1.807, 2.05) is 0 Å². The number of nitrogens with two attached hydrogens (primary N) is 1. The Hall–Kier alpha value is 0.130. The van der Waals surface area contributed by atoms with Gasteiger partial charge in [0.25, 0.3) is 0 Å². The second-order valence-corrected chi connectivity index (χ2v) is 1.89. The van der Waals surface area contributed by atoms with Crippen LogP contribution in [0, 0.1) is 0 Å². The molecule has 10 heavy (non-hydrogen) atoms. The molecule has 0 aliphatic carbocycles. The minimum absolute atomic E-state index is 0. The van der Waals surface area contributed by atoms with Crippen molar-refractivity contribution in [2.45, 2.75) is 18.6 Å². The molecule has 0 saturated heterocycles. The zero-order valence-corrected chi connectivity index (χ0v) is 6.42. The van der Waals surface area contributed by atoms with Crippen molar-refractivity contribution in [2.24, 2.45) is 5.73 Å². The van der Waals surface area contributed by atoms with Gasteiger partial charge in [-0.3, -0.25) is 0 Å². The van der Waals surface area contributed by atoms with Crippen LogP contribution >= 0.6 is 12.4 Å². The third-order valence-electron chi connectivity index (χ3n) is 1.09. The summed E-state index contributed by atoms with van der Waals surface area (Å²) in [5.74, 6) is 0. The molecule has 4 nitrogen and oxygen atoms in total. The highest BCUT2D eigenvalue weighted by atomic mass is 35.5. The Morgan fingerprint density at radius 2 is 1.70 bits per heavy atom. The number of hydrogen-bond donors (Lipinski definition) is 4. The first-order valence-corrected chi connectivity index (χ1v) is 2.89. The average Bonchev–Trinajstić information content (AvgIpc) is 1.87. The molecule has 0 aliphatic heterocycles. The molecule has 0 heterocycles. The smallest absolute Gasteiger partial charge is 0.103 e. The summed E-state index contributed by atoms with van der Waals surface area (Å²) >= 11 is 0. The molecule has 0 spiro atoms. The van der Waals surface area contributed by atoms with Gasteiger partial charge < -0.3 is 21.1 Å². The van der Waals surface area contributed by atoms with Crippen LogP contribution in [-0.4, -0.2) is 40.7 Å². The van der Waals surface area contributed by atoms with Gasteiger partial charge in [0.15, 0.2) is 0 Å². The molecule has 0 rings (SSSR count). The molecular weight excluding hydrogens is 158 g/mol. The Morgan fingerprint density at radius 3 is 2.00 bits per heavy atom. The number of hydrogen-bond acceptors (Lipinski definition) is 4. The summed E-state index contributed by atoms with van der Waals surface area (Å²) < 4.78 is 0. The minimum atomic E-state index is -1.05. The van der Waals surface area contributed by atoms with Crippen molar-refractivity contribution in [3.05, 3.63) is 0 Å². The fourth-order valence-corrected chi connectivity index (χ4v) is 0.485. The lowest BCUT2D eigenvalue weighted by atomic mass is 10.1. The van der Waals surface area contributed by atoms with Crippen molar-refractivity contribution < 1.29 is 15.3 Å². The van der Waals surface area contributed by atoms with Gasteiger partial charge in [-0.15, -0.1) is 12.4 Å². The molecule has 5 N–H and O–H groups in total. The Bertz CT molecular complexity index is 73.9. The van der Waals surface area contributed by atoms with Gasteiger partial charge in [-0.25, -0.2) is 0 Å². The van der Waals surface area contributed by atoms with Crippen LogP contribution < -0.4 is 5.73 Å². The van der Waals surface area contributed by atoms with Crippen molar-refractivity contribution in [3.63, 3.8) is 0 Å². The van der Waals surface area contributed by atoms with Gasteiger partial charge in [0.2, 0.25) is 0 Å². The summed E-state index contributed by atoms with van der Waals surface area (Å²) in [5, 5.41) is 25.8. The van der Waals surface area contributed by atoms with E-state index in [-0.39, 0.29) is 12.4 Å². The molecule has 0 aromatic heterocycles. The van der Waals surface area contributed by atoms with Crippen molar-refractivity contribution >= 4 is 12.4 Å². The van der Waals surface area contributed by atoms with Crippen LogP contribution in [0.1, 0.15) is 6.42 Å². The van der Waals surface area contributed by atoms with E-state index < -0.39 is 18.8 Å². The molecule has 0 radical (unpaired) electrons. The Kier molecular flexibility index (Phi) is 9.25. The van der Waals surface area contributed by atoms with E-state index in [0.29, 0.717) is 13.0 Å². The second kappa shape index (κ2) is 7.24. The normalized spacial score (nSPS) is 15.6. The molecule has 5 heteroatoms. The summed E-state index contributed by atoms with van der Waals surface area (Å²) in [5.41, 5.74) is 5.07. The fraction of sp³-hybridized carbons (Fsp3) is 1.00. The monoisotopic (exact) mass is 171 g/mol. The highest BCUT2D eigenvalue weighted by molar-refractivity contribution is 5.85. The first kappa shape index (κ1) is 12.8. The van der Waals surface area contributed by atoms with Crippen molar-refractivity contribution in [1.82, 2.24) is 0 Å². The lowest BCUT2D eigenvalue weighted by molar-refractivity contribution is -0.0162. The van der Waals surface area contributed by atoms with Crippen LogP contribution in [0.5, 0.6) is 0 Å². The van der Waals surface area contributed by atoms with E-state index in [0.717, 1.165) is 0 Å². The zero-order valence-electron chi connectivity index (χ0n) is 5.60. The van der Waals surface area contributed by atoms with Gasteiger partial charge in [-0.2, -0.15) is 0 Å². The first-order valence-electron chi connectivity index (χ1n) is 2.89. The molecule has 2 atom stereocenters. The third kappa shape index (κ3) is 4.96. The maximum absolute atomic E-state index is 8.83. The summed E-state index contributed by atoms with van der Waals surface area (Å²) in [7, 11) is 0.